The van der Waals surface area contributed by atoms with Crippen molar-refractivity contribution < 1.29 is 8.78 Å². The van der Waals surface area contributed by atoms with Crippen LogP contribution in [0.5, 0.6) is 0 Å². The lowest BCUT2D eigenvalue weighted by atomic mass is 10.0. The summed E-state index contributed by atoms with van der Waals surface area (Å²) in [4.78, 5) is 6.79. The molecule has 7 heteroatoms. The van der Waals surface area contributed by atoms with Crippen LogP contribution in [0.2, 0.25) is 0 Å². The van der Waals surface area contributed by atoms with Crippen molar-refractivity contribution in [2.45, 2.75) is 43.8 Å². The van der Waals surface area contributed by atoms with Gasteiger partial charge in [-0.05, 0) is 37.0 Å². The quantitative estimate of drug-likeness (QED) is 0.348. The van der Waals surface area contributed by atoms with E-state index in [2.05, 4.69) is 44.8 Å². The maximum Gasteiger partial charge on any atom is 0.191 e. The molecule has 0 spiro atoms. The minimum atomic E-state index is -0.465. The van der Waals surface area contributed by atoms with Crippen molar-refractivity contribution in [2.24, 2.45) is 4.99 Å². The molecule has 4 nitrogen and oxygen atoms in total. The molecule has 1 aliphatic heterocycles. The van der Waals surface area contributed by atoms with Gasteiger partial charge < -0.3 is 10.6 Å². The van der Waals surface area contributed by atoms with E-state index in [0.717, 1.165) is 38.4 Å². The van der Waals surface area contributed by atoms with Crippen molar-refractivity contribution in [2.75, 3.05) is 20.1 Å². The Balaban J connectivity index is 0.00000256. The van der Waals surface area contributed by atoms with Gasteiger partial charge >= 0.3 is 0 Å². The molecule has 2 atom stereocenters. The molecule has 1 saturated carbocycles. The van der Waals surface area contributed by atoms with E-state index in [4.69, 9.17) is 0 Å². The lowest BCUT2D eigenvalue weighted by Crippen LogP contribution is -2.49. The van der Waals surface area contributed by atoms with Gasteiger partial charge in [-0.2, -0.15) is 0 Å². The lowest BCUT2D eigenvalue weighted by Gasteiger charge is -2.33. The van der Waals surface area contributed by atoms with Crippen LogP contribution in [0.25, 0.3) is 0 Å². The van der Waals surface area contributed by atoms with Crippen LogP contribution in [0.15, 0.2) is 53.5 Å². The van der Waals surface area contributed by atoms with E-state index in [0.29, 0.717) is 12.5 Å². The molecular weight excluding hydrogens is 497 g/mol. The van der Waals surface area contributed by atoms with Crippen LogP contribution in [0.3, 0.4) is 0 Å². The zero-order valence-corrected chi connectivity index (χ0v) is 19.5. The Kier molecular flexibility index (Phi) is 8.05. The fourth-order valence-corrected chi connectivity index (χ4v) is 4.16. The van der Waals surface area contributed by atoms with Crippen molar-refractivity contribution in [1.29, 1.82) is 0 Å². The summed E-state index contributed by atoms with van der Waals surface area (Å²) in [6.07, 6.45) is 2.81. The van der Waals surface area contributed by atoms with Crippen LogP contribution in [0.1, 0.15) is 36.3 Å². The lowest BCUT2D eigenvalue weighted by molar-refractivity contribution is 0.198. The van der Waals surface area contributed by atoms with Gasteiger partial charge in [-0.1, -0.05) is 36.4 Å². The molecule has 2 unspecified atom stereocenters. The molecule has 30 heavy (non-hydrogen) atoms. The van der Waals surface area contributed by atoms with Crippen LogP contribution in [-0.2, 0) is 6.54 Å². The SMILES string of the molecule is CN=C(NC1CCN(Cc2ccccc2)CC1)NC1CC1c1c(F)cccc1F.I. The summed E-state index contributed by atoms with van der Waals surface area (Å²) in [7, 11) is 1.74. The minimum Gasteiger partial charge on any atom is -0.354 e. The first-order chi connectivity index (χ1) is 14.1. The van der Waals surface area contributed by atoms with Crippen LogP contribution < -0.4 is 10.6 Å². The third kappa shape index (κ3) is 5.69. The summed E-state index contributed by atoms with van der Waals surface area (Å²) in [6, 6.07) is 15.0. The molecule has 2 aromatic rings. The molecule has 1 heterocycles. The Labute approximate surface area is 194 Å². The average Bonchev–Trinajstić information content (AvgIpc) is 3.48. The number of hydrogen-bond acceptors (Lipinski definition) is 2. The van der Waals surface area contributed by atoms with Gasteiger partial charge in [-0.25, -0.2) is 8.78 Å². The highest BCUT2D eigenvalue weighted by molar-refractivity contribution is 14.0. The van der Waals surface area contributed by atoms with Crippen LogP contribution in [-0.4, -0.2) is 43.1 Å². The van der Waals surface area contributed by atoms with Crippen molar-refractivity contribution in [3.63, 3.8) is 0 Å². The van der Waals surface area contributed by atoms with E-state index in [9.17, 15) is 8.78 Å². The van der Waals surface area contributed by atoms with Crippen LogP contribution in [0.4, 0.5) is 8.78 Å². The third-order valence-electron chi connectivity index (χ3n) is 5.88. The van der Waals surface area contributed by atoms with Crippen molar-refractivity contribution >= 4 is 29.9 Å². The summed E-state index contributed by atoms with van der Waals surface area (Å²) < 4.78 is 28.0. The highest BCUT2D eigenvalue weighted by atomic mass is 127. The molecule has 162 valence electrons. The number of guanidine groups is 1. The number of piperidine rings is 1. The first-order valence-corrected chi connectivity index (χ1v) is 10.3. The number of halogens is 3. The normalized spacial score (nSPS) is 22.3. The Hall–Kier alpha value is -1.74. The average molecular weight is 526 g/mol. The number of likely N-dealkylation sites (tertiary alicyclic amines) is 1. The Morgan fingerprint density at radius 2 is 1.67 bits per heavy atom. The van der Waals surface area contributed by atoms with Gasteiger partial charge in [0.25, 0.3) is 0 Å². The van der Waals surface area contributed by atoms with E-state index in [1.165, 1.54) is 23.8 Å². The van der Waals surface area contributed by atoms with Crippen LogP contribution in [0, 0.1) is 11.6 Å². The van der Waals surface area contributed by atoms with Gasteiger partial charge in [0, 0.05) is 50.2 Å². The van der Waals surface area contributed by atoms with E-state index in [1.54, 1.807) is 7.05 Å². The molecule has 0 radical (unpaired) electrons. The van der Waals surface area contributed by atoms with E-state index >= 15 is 0 Å². The summed E-state index contributed by atoms with van der Waals surface area (Å²) in [5.74, 6) is -0.348. The maximum atomic E-state index is 14.0. The predicted octanol–water partition coefficient (Wildman–Crippen LogP) is 4.27. The smallest absolute Gasteiger partial charge is 0.191 e. The van der Waals surface area contributed by atoms with E-state index < -0.39 is 11.6 Å². The predicted molar refractivity (Wildman–Crippen MR) is 127 cm³/mol. The molecular formula is C23H29F2IN4. The molecule has 1 aliphatic carbocycles. The number of aliphatic imine (C=N–C) groups is 1. The molecule has 0 bridgehead atoms. The Bertz CT molecular complexity index is 833. The van der Waals surface area contributed by atoms with Crippen LogP contribution >= 0.6 is 24.0 Å². The highest BCUT2D eigenvalue weighted by Gasteiger charge is 2.42. The standard InChI is InChI=1S/C23H28F2N4.HI/c1-26-23(28-21-14-18(21)22-19(24)8-5-9-20(22)25)27-17-10-12-29(13-11-17)15-16-6-3-2-4-7-16;/h2-9,17-18,21H,10-15H2,1H3,(H2,26,27,28);1H. The van der Waals surface area contributed by atoms with Gasteiger partial charge in [0.2, 0.25) is 0 Å². The molecule has 1 saturated heterocycles. The fraction of sp³-hybridized carbons (Fsp3) is 0.435. The second-order valence-corrected chi connectivity index (χ2v) is 7.98. The summed E-state index contributed by atoms with van der Waals surface area (Å²) >= 11 is 0. The minimum absolute atomic E-state index is 0. The topological polar surface area (TPSA) is 39.7 Å². The molecule has 2 aromatic carbocycles. The van der Waals surface area contributed by atoms with Gasteiger partial charge in [0.15, 0.2) is 5.96 Å². The Morgan fingerprint density at radius 1 is 1.00 bits per heavy atom. The number of hydrogen-bond donors (Lipinski definition) is 2. The molecule has 4 rings (SSSR count). The van der Waals surface area contributed by atoms with Crippen molar-refractivity contribution in [3.05, 3.63) is 71.3 Å². The summed E-state index contributed by atoms with van der Waals surface area (Å²) in [6.45, 7) is 3.06. The molecule has 2 fully saturated rings. The third-order valence-corrected chi connectivity index (χ3v) is 5.88. The first-order valence-electron chi connectivity index (χ1n) is 10.3. The zero-order valence-electron chi connectivity index (χ0n) is 17.2. The fourth-order valence-electron chi connectivity index (χ4n) is 4.16. The summed E-state index contributed by atoms with van der Waals surface area (Å²) in [5.41, 5.74) is 1.53. The van der Waals surface area contributed by atoms with E-state index in [-0.39, 0.29) is 41.5 Å². The number of nitrogens with zero attached hydrogens (tertiary/aromatic N) is 2. The number of rotatable bonds is 5. The molecule has 2 aliphatic rings. The molecule has 2 N–H and O–H groups in total. The highest BCUT2D eigenvalue weighted by Crippen LogP contribution is 2.43. The van der Waals surface area contributed by atoms with Crippen molar-refractivity contribution in [1.82, 2.24) is 15.5 Å². The monoisotopic (exact) mass is 526 g/mol. The second-order valence-electron chi connectivity index (χ2n) is 7.98. The van der Waals surface area contributed by atoms with Gasteiger partial charge in [-0.3, -0.25) is 9.89 Å². The molecule has 0 amide bonds. The zero-order chi connectivity index (χ0) is 20.2. The van der Waals surface area contributed by atoms with Gasteiger partial charge in [0.05, 0.1) is 0 Å². The van der Waals surface area contributed by atoms with E-state index in [1.807, 2.05) is 6.07 Å². The largest absolute Gasteiger partial charge is 0.354 e. The number of benzene rings is 2. The second kappa shape index (κ2) is 10.5. The number of nitrogens with one attached hydrogen (secondary N) is 2. The van der Waals surface area contributed by atoms with Crippen molar-refractivity contribution in [3.8, 4) is 0 Å². The maximum absolute atomic E-state index is 14.0. The first kappa shape index (κ1) is 22.9. The van der Waals surface area contributed by atoms with Gasteiger partial charge in [0.1, 0.15) is 11.6 Å². The summed E-state index contributed by atoms with van der Waals surface area (Å²) in [5, 5.41) is 6.82. The Morgan fingerprint density at radius 3 is 2.30 bits per heavy atom. The molecule has 0 aromatic heterocycles. The van der Waals surface area contributed by atoms with Gasteiger partial charge in [-0.15, -0.1) is 24.0 Å².